The van der Waals surface area contributed by atoms with Crippen LogP contribution >= 0.6 is 11.8 Å². The molecular weight excluding hydrogens is 236 g/mol. The lowest BCUT2D eigenvalue weighted by Crippen LogP contribution is -2.15. The van der Waals surface area contributed by atoms with Crippen LogP contribution in [0.5, 0.6) is 0 Å². The fourth-order valence-electron chi connectivity index (χ4n) is 1.37. The van der Waals surface area contributed by atoms with E-state index < -0.39 is 0 Å². The number of nitrogens with two attached hydrogens (primary N) is 1. The Hall–Kier alpha value is -1.20. The third kappa shape index (κ3) is 4.28. The van der Waals surface area contributed by atoms with Crippen molar-refractivity contribution in [2.45, 2.75) is 12.7 Å². The van der Waals surface area contributed by atoms with Crippen LogP contribution in [0.15, 0.2) is 29.4 Å². The molecule has 4 nitrogen and oxygen atoms in total. The zero-order valence-corrected chi connectivity index (χ0v) is 10.7. The number of aliphatic hydroxyl groups excluding tert-OH is 1. The van der Waals surface area contributed by atoms with Crippen LogP contribution in [-0.4, -0.2) is 28.5 Å². The van der Waals surface area contributed by atoms with E-state index in [1.54, 1.807) is 11.8 Å². The molecule has 0 amide bonds. The van der Waals surface area contributed by atoms with E-state index in [0.29, 0.717) is 0 Å². The average Bonchev–Trinajstić information content (AvgIpc) is 2.38. The summed E-state index contributed by atoms with van der Waals surface area (Å²) in [4.78, 5) is 0. The fourth-order valence-corrected chi connectivity index (χ4v) is 2.47. The van der Waals surface area contributed by atoms with Gasteiger partial charge in [-0.3, -0.25) is 0 Å². The van der Waals surface area contributed by atoms with Crippen molar-refractivity contribution in [2.24, 2.45) is 16.8 Å². The van der Waals surface area contributed by atoms with Crippen LogP contribution in [0.25, 0.3) is 0 Å². The van der Waals surface area contributed by atoms with E-state index in [0.717, 1.165) is 22.6 Å². The maximum Gasteiger partial charge on any atom is 0.170 e. The summed E-state index contributed by atoms with van der Waals surface area (Å²) in [6.07, 6.45) is 0. The molecule has 1 unspecified atom stereocenters. The van der Waals surface area contributed by atoms with Crippen LogP contribution in [0.4, 0.5) is 0 Å². The summed E-state index contributed by atoms with van der Waals surface area (Å²) in [5.41, 5.74) is 7.41. The molecule has 0 aliphatic carbocycles. The molecule has 17 heavy (non-hydrogen) atoms. The van der Waals surface area contributed by atoms with Crippen molar-refractivity contribution in [3.63, 3.8) is 0 Å². The minimum absolute atomic E-state index is 0.136. The second kappa shape index (κ2) is 7.19. The van der Waals surface area contributed by atoms with E-state index in [2.05, 4.69) is 5.16 Å². The molecule has 1 aromatic rings. The van der Waals surface area contributed by atoms with Crippen molar-refractivity contribution in [1.82, 2.24) is 0 Å². The Bertz CT molecular complexity index is 383. The van der Waals surface area contributed by atoms with Crippen molar-refractivity contribution in [1.29, 1.82) is 0 Å². The number of amidine groups is 1. The van der Waals surface area contributed by atoms with Crippen molar-refractivity contribution in [3.8, 4) is 0 Å². The SMILES string of the molecule is CC(CO)CSCc1ccccc1C(N)=NO. The van der Waals surface area contributed by atoms with Crippen molar-refractivity contribution in [2.75, 3.05) is 12.4 Å². The lowest BCUT2D eigenvalue weighted by Gasteiger charge is -2.10. The first-order valence-corrected chi connectivity index (χ1v) is 6.59. The normalized spacial score (nSPS) is 13.6. The first kappa shape index (κ1) is 13.9. The van der Waals surface area contributed by atoms with Gasteiger partial charge in [0, 0.05) is 17.9 Å². The Morgan fingerprint density at radius 1 is 1.47 bits per heavy atom. The van der Waals surface area contributed by atoms with E-state index in [1.807, 2.05) is 31.2 Å². The summed E-state index contributed by atoms with van der Waals surface area (Å²) in [5.74, 6) is 2.10. The van der Waals surface area contributed by atoms with Gasteiger partial charge in [-0.2, -0.15) is 11.8 Å². The van der Waals surface area contributed by atoms with E-state index in [1.165, 1.54) is 0 Å². The minimum atomic E-state index is 0.136. The summed E-state index contributed by atoms with van der Waals surface area (Å²) >= 11 is 1.73. The zero-order valence-electron chi connectivity index (χ0n) is 9.84. The van der Waals surface area contributed by atoms with Crippen LogP contribution in [0.2, 0.25) is 0 Å². The quantitative estimate of drug-likeness (QED) is 0.312. The van der Waals surface area contributed by atoms with Gasteiger partial charge in [-0.05, 0) is 17.2 Å². The summed E-state index contributed by atoms with van der Waals surface area (Å²) in [6.45, 7) is 2.21. The number of benzene rings is 1. The molecule has 0 radical (unpaired) electrons. The number of nitrogens with zero attached hydrogens (tertiary/aromatic N) is 1. The monoisotopic (exact) mass is 254 g/mol. The van der Waals surface area contributed by atoms with E-state index >= 15 is 0 Å². The smallest absolute Gasteiger partial charge is 0.170 e. The lowest BCUT2D eigenvalue weighted by molar-refractivity contribution is 0.250. The number of rotatable bonds is 6. The van der Waals surface area contributed by atoms with E-state index in [4.69, 9.17) is 16.0 Å². The summed E-state index contributed by atoms with van der Waals surface area (Å²) in [6, 6.07) is 7.59. The molecule has 0 spiro atoms. The highest BCUT2D eigenvalue weighted by molar-refractivity contribution is 7.98. The summed E-state index contributed by atoms with van der Waals surface area (Å²) < 4.78 is 0. The molecule has 0 saturated carbocycles. The maximum absolute atomic E-state index is 8.93. The first-order chi connectivity index (χ1) is 8.19. The topological polar surface area (TPSA) is 78.8 Å². The molecule has 5 heteroatoms. The molecular formula is C12H18N2O2S. The predicted octanol–water partition coefficient (Wildman–Crippen LogP) is 1.64. The van der Waals surface area contributed by atoms with Gasteiger partial charge in [-0.15, -0.1) is 0 Å². The molecule has 0 heterocycles. The Balaban J connectivity index is 2.64. The number of thioether (sulfide) groups is 1. The first-order valence-electron chi connectivity index (χ1n) is 5.43. The predicted molar refractivity (Wildman–Crippen MR) is 71.4 cm³/mol. The van der Waals surface area contributed by atoms with E-state index in [-0.39, 0.29) is 18.4 Å². The second-order valence-electron chi connectivity index (χ2n) is 3.95. The highest BCUT2D eigenvalue weighted by atomic mass is 32.2. The van der Waals surface area contributed by atoms with E-state index in [9.17, 15) is 0 Å². The molecule has 0 aliphatic rings. The molecule has 94 valence electrons. The van der Waals surface area contributed by atoms with Gasteiger partial charge in [0.15, 0.2) is 5.84 Å². The van der Waals surface area contributed by atoms with Gasteiger partial charge in [0.1, 0.15) is 0 Å². The third-order valence-electron chi connectivity index (χ3n) is 2.37. The van der Waals surface area contributed by atoms with Crippen molar-refractivity contribution < 1.29 is 10.3 Å². The second-order valence-corrected chi connectivity index (χ2v) is 4.98. The Labute approximate surface area is 106 Å². The molecule has 4 N–H and O–H groups in total. The molecule has 1 rings (SSSR count). The van der Waals surface area contributed by atoms with Gasteiger partial charge in [0.25, 0.3) is 0 Å². The van der Waals surface area contributed by atoms with Crippen LogP contribution in [0.3, 0.4) is 0 Å². The third-order valence-corrected chi connectivity index (χ3v) is 3.69. The van der Waals surface area contributed by atoms with Crippen molar-refractivity contribution >= 4 is 17.6 Å². The van der Waals surface area contributed by atoms with Gasteiger partial charge in [0.05, 0.1) is 0 Å². The maximum atomic E-state index is 8.93. The van der Waals surface area contributed by atoms with Gasteiger partial charge < -0.3 is 16.0 Å². The highest BCUT2D eigenvalue weighted by Gasteiger charge is 2.07. The molecule has 0 aromatic heterocycles. The van der Waals surface area contributed by atoms with Crippen LogP contribution in [-0.2, 0) is 5.75 Å². The van der Waals surface area contributed by atoms with Gasteiger partial charge >= 0.3 is 0 Å². The Morgan fingerprint density at radius 3 is 2.82 bits per heavy atom. The summed E-state index contributed by atoms with van der Waals surface area (Å²) in [7, 11) is 0. The molecule has 0 fully saturated rings. The van der Waals surface area contributed by atoms with Gasteiger partial charge in [-0.25, -0.2) is 0 Å². The Kier molecular flexibility index (Phi) is 5.86. The Morgan fingerprint density at radius 2 is 2.18 bits per heavy atom. The molecule has 0 bridgehead atoms. The highest BCUT2D eigenvalue weighted by Crippen LogP contribution is 2.18. The number of hydrogen-bond donors (Lipinski definition) is 3. The molecule has 0 aliphatic heterocycles. The van der Waals surface area contributed by atoms with Crippen molar-refractivity contribution in [3.05, 3.63) is 35.4 Å². The van der Waals surface area contributed by atoms with Crippen LogP contribution in [0.1, 0.15) is 18.1 Å². The summed E-state index contributed by atoms with van der Waals surface area (Å²) in [5, 5.41) is 20.6. The number of aliphatic hydroxyl groups is 1. The largest absolute Gasteiger partial charge is 0.409 e. The van der Waals surface area contributed by atoms with Crippen LogP contribution in [0, 0.1) is 5.92 Å². The molecule has 1 atom stereocenters. The standard InChI is InChI=1S/C12H18N2O2S/c1-9(6-15)7-17-8-10-4-2-3-5-11(10)12(13)14-16/h2-5,9,15-16H,6-8H2,1H3,(H2,13,14). The fraction of sp³-hybridized carbons (Fsp3) is 0.417. The van der Waals surface area contributed by atoms with Crippen LogP contribution < -0.4 is 5.73 Å². The molecule has 1 aromatic carbocycles. The zero-order chi connectivity index (χ0) is 12.7. The molecule has 0 saturated heterocycles. The van der Waals surface area contributed by atoms with Gasteiger partial charge in [-0.1, -0.05) is 36.3 Å². The minimum Gasteiger partial charge on any atom is -0.409 e. The number of hydrogen-bond acceptors (Lipinski definition) is 4. The number of oxime groups is 1. The van der Waals surface area contributed by atoms with Gasteiger partial charge in [0.2, 0.25) is 0 Å². The lowest BCUT2D eigenvalue weighted by atomic mass is 10.1. The average molecular weight is 254 g/mol.